The van der Waals surface area contributed by atoms with E-state index in [0.29, 0.717) is 23.4 Å². The number of carboxylic acid groups (broad SMARTS) is 1. The summed E-state index contributed by atoms with van der Waals surface area (Å²) in [7, 11) is 2.06. The minimum Gasteiger partial charge on any atom is -0.478 e. The number of carbonyl (C=O) groups excluding carboxylic acids is 1. The van der Waals surface area contributed by atoms with Gasteiger partial charge >= 0.3 is 5.97 Å². The summed E-state index contributed by atoms with van der Waals surface area (Å²) in [6, 6.07) is 13.6. The highest BCUT2D eigenvalue weighted by Gasteiger charge is 2.43. The number of aliphatic carboxylic acids is 1. The van der Waals surface area contributed by atoms with Gasteiger partial charge in [-0.3, -0.25) is 9.69 Å². The first-order chi connectivity index (χ1) is 15.4. The highest BCUT2D eigenvalue weighted by atomic mass is 16.5. The van der Waals surface area contributed by atoms with Crippen molar-refractivity contribution in [3.8, 4) is 5.75 Å². The third-order valence-electron chi connectivity index (χ3n) is 6.22. The van der Waals surface area contributed by atoms with Crippen LogP contribution in [0.3, 0.4) is 0 Å². The lowest BCUT2D eigenvalue weighted by Gasteiger charge is -2.45. The number of benzene rings is 2. The molecule has 0 aliphatic carbocycles. The van der Waals surface area contributed by atoms with Gasteiger partial charge in [-0.1, -0.05) is 24.3 Å². The van der Waals surface area contributed by atoms with E-state index < -0.39 is 11.7 Å². The van der Waals surface area contributed by atoms with Gasteiger partial charge in [-0.05, 0) is 48.4 Å². The molecule has 2 aliphatic rings. The molecule has 1 unspecified atom stereocenters. The maximum Gasteiger partial charge on any atom is 0.328 e. The lowest BCUT2D eigenvalue weighted by Crippen LogP contribution is -2.63. The fourth-order valence-corrected chi connectivity index (χ4v) is 4.82. The fraction of sp³-hybridized carbons (Fsp3) is 0.280. The molecule has 2 aliphatic heterocycles. The first-order valence-electron chi connectivity index (χ1n) is 10.7. The molecule has 1 saturated heterocycles. The van der Waals surface area contributed by atoms with Gasteiger partial charge < -0.3 is 19.7 Å². The molecule has 2 aromatic carbocycles. The first kappa shape index (κ1) is 20.3. The molecule has 0 saturated carbocycles. The Morgan fingerprint density at radius 1 is 1.28 bits per heavy atom. The second-order valence-electron chi connectivity index (χ2n) is 8.57. The molecule has 2 N–H and O–H groups in total. The van der Waals surface area contributed by atoms with E-state index in [-0.39, 0.29) is 5.91 Å². The molecule has 32 heavy (non-hydrogen) atoms. The standard InChI is InChI=1S/C25H25N3O4/c1-27-14-18(19-5-2-3-6-21(19)27)15-28-12-4-11-25(16-28)26-24(31)20-13-17(8-10-23(29)30)7-9-22(20)32-25/h2-3,5-10,13-14H,4,11-12,15-16H2,1H3,(H,26,31)(H,29,30)/b10-8+. The molecule has 1 spiro atoms. The van der Waals surface area contributed by atoms with Gasteiger partial charge in [0.15, 0.2) is 5.72 Å². The van der Waals surface area contributed by atoms with Gasteiger partial charge in [0, 0.05) is 43.2 Å². The van der Waals surface area contributed by atoms with E-state index in [0.717, 1.165) is 32.0 Å². The smallest absolute Gasteiger partial charge is 0.328 e. The van der Waals surface area contributed by atoms with Crippen LogP contribution in [0.15, 0.2) is 54.7 Å². The third-order valence-corrected chi connectivity index (χ3v) is 6.22. The van der Waals surface area contributed by atoms with E-state index in [1.165, 1.54) is 22.5 Å². The first-order valence-corrected chi connectivity index (χ1v) is 10.7. The Labute approximate surface area is 185 Å². The van der Waals surface area contributed by atoms with Crippen molar-refractivity contribution in [2.45, 2.75) is 25.1 Å². The predicted molar refractivity (Wildman–Crippen MR) is 121 cm³/mol. The molecule has 5 rings (SSSR count). The molecular weight excluding hydrogens is 406 g/mol. The van der Waals surface area contributed by atoms with Gasteiger partial charge in [-0.25, -0.2) is 4.79 Å². The van der Waals surface area contributed by atoms with Crippen LogP contribution in [-0.4, -0.2) is 45.3 Å². The Bertz CT molecular complexity index is 1250. The summed E-state index contributed by atoms with van der Waals surface area (Å²) < 4.78 is 8.50. The highest BCUT2D eigenvalue weighted by Crippen LogP contribution is 2.34. The van der Waals surface area contributed by atoms with Crippen molar-refractivity contribution in [3.05, 3.63) is 71.4 Å². The fourth-order valence-electron chi connectivity index (χ4n) is 4.82. The summed E-state index contributed by atoms with van der Waals surface area (Å²) in [5.74, 6) is -0.687. The second-order valence-corrected chi connectivity index (χ2v) is 8.57. The van der Waals surface area contributed by atoms with Crippen LogP contribution in [0, 0.1) is 0 Å². The van der Waals surface area contributed by atoms with Gasteiger partial charge in [-0.2, -0.15) is 0 Å². The van der Waals surface area contributed by atoms with Gasteiger partial charge in [-0.15, -0.1) is 0 Å². The Morgan fingerprint density at radius 3 is 2.97 bits per heavy atom. The van der Waals surface area contributed by atoms with E-state index in [1.807, 2.05) is 6.07 Å². The minimum absolute atomic E-state index is 0.191. The second kappa shape index (κ2) is 7.84. The van der Waals surface area contributed by atoms with Gasteiger partial charge in [0.2, 0.25) is 0 Å². The predicted octanol–water partition coefficient (Wildman–Crippen LogP) is 3.39. The Balaban J connectivity index is 1.37. The van der Waals surface area contributed by atoms with Crippen LogP contribution in [0.5, 0.6) is 5.75 Å². The van der Waals surface area contributed by atoms with Crippen molar-refractivity contribution in [1.29, 1.82) is 0 Å². The molecule has 7 nitrogen and oxygen atoms in total. The summed E-state index contributed by atoms with van der Waals surface area (Å²) in [5, 5.41) is 13.2. The number of carbonyl (C=O) groups is 2. The number of nitrogens with one attached hydrogen (secondary N) is 1. The lowest BCUT2D eigenvalue weighted by atomic mass is 9.96. The zero-order chi connectivity index (χ0) is 22.3. The minimum atomic E-state index is -1.03. The number of amides is 1. The number of piperidine rings is 1. The van der Waals surface area contributed by atoms with Crippen LogP contribution in [0.1, 0.15) is 34.3 Å². The monoisotopic (exact) mass is 431 g/mol. The van der Waals surface area contributed by atoms with Crippen LogP contribution in [0.2, 0.25) is 0 Å². The third kappa shape index (κ3) is 3.76. The van der Waals surface area contributed by atoms with Crippen molar-refractivity contribution in [3.63, 3.8) is 0 Å². The summed E-state index contributed by atoms with van der Waals surface area (Å²) in [6.07, 6.45) is 6.35. The number of para-hydroxylation sites is 1. The summed E-state index contributed by atoms with van der Waals surface area (Å²) in [5.41, 5.74) is 2.78. The van der Waals surface area contributed by atoms with Crippen LogP contribution in [0.25, 0.3) is 17.0 Å². The number of hydrogen-bond donors (Lipinski definition) is 2. The maximum absolute atomic E-state index is 12.9. The van der Waals surface area contributed by atoms with E-state index in [2.05, 4.69) is 46.2 Å². The van der Waals surface area contributed by atoms with E-state index in [9.17, 15) is 9.59 Å². The zero-order valence-electron chi connectivity index (χ0n) is 17.9. The largest absolute Gasteiger partial charge is 0.478 e. The summed E-state index contributed by atoms with van der Waals surface area (Å²) >= 11 is 0. The number of aromatic nitrogens is 1. The number of aryl methyl sites for hydroxylation is 1. The van der Waals surface area contributed by atoms with Crippen molar-refractivity contribution in [2.24, 2.45) is 7.05 Å². The number of carboxylic acids is 1. The molecule has 7 heteroatoms. The van der Waals surface area contributed by atoms with Crippen molar-refractivity contribution >= 4 is 28.9 Å². The number of likely N-dealkylation sites (tertiary alicyclic amines) is 1. The molecule has 1 fully saturated rings. The SMILES string of the molecule is Cn1cc(CN2CCCC3(C2)NC(=O)c2cc(/C=C/C(=O)O)ccc2O3)c2ccccc21. The maximum atomic E-state index is 12.9. The average molecular weight is 431 g/mol. The molecule has 1 amide bonds. The molecule has 1 aromatic heterocycles. The van der Waals surface area contributed by atoms with E-state index in [1.54, 1.807) is 18.2 Å². The number of fused-ring (bicyclic) bond motifs is 2. The van der Waals surface area contributed by atoms with Crippen LogP contribution in [-0.2, 0) is 18.4 Å². The molecular formula is C25H25N3O4. The van der Waals surface area contributed by atoms with Crippen LogP contribution >= 0.6 is 0 Å². The highest BCUT2D eigenvalue weighted by molar-refractivity contribution is 5.99. The van der Waals surface area contributed by atoms with Crippen molar-refractivity contribution < 1.29 is 19.4 Å². The van der Waals surface area contributed by atoms with Crippen LogP contribution < -0.4 is 10.1 Å². The molecule has 1 atom stereocenters. The zero-order valence-corrected chi connectivity index (χ0v) is 17.9. The Hall–Kier alpha value is -3.58. The lowest BCUT2D eigenvalue weighted by molar-refractivity contribution is -0.131. The number of nitrogens with zero attached hydrogens (tertiary/aromatic N) is 2. The molecule has 164 valence electrons. The van der Waals surface area contributed by atoms with Gasteiger partial charge in [0.25, 0.3) is 5.91 Å². The summed E-state index contributed by atoms with van der Waals surface area (Å²) in [4.78, 5) is 26.0. The van der Waals surface area contributed by atoms with Crippen LogP contribution in [0.4, 0.5) is 0 Å². The normalized spacial score (nSPS) is 21.0. The molecule has 3 heterocycles. The topological polar surface area (TPSA) is 83.8 Å². The molecule has 0 bridgehead atoms. The average Bonchev–Trinajstić information content (AvgIpc) is 3.08. The molecule has 0 radical (unpaired) electrons. The molecule has 3 aromatic rings. The van der Waals surface area contributed by atoms with Crippen molar-refractivity contribution in [1.82, 2.24) is 14.8 Å². The van der Waals surface area contributed by atoms with Gasteiger partial charge in [0.05, 0.1) is 12.1 Å². The summed E-state index contributed by atoms with van der Waals surface area (Å²) in [6.45, 7) is 2.33. The van der Waals surface area contributed by atoms with E-state index >= 15 is 0 Å². The Kier molecular flexibility index (Phi) is 4.98. The van der Waals surface area contributed by atoms with E-state index in [4.69, 9.17) is 9.84 Å². The quantitative estimate of drug-likeness (QED) is 0.619. The van der Waals surface area contributed by atoms with Crippen molar-refractivity contribution in [2.75, 3.05) is 13.1 Å². The van der Waals surface area contributed by atoms with Gasteiger partial charge in [0.1, 0.15) is 5.75 Å². The Morgan fingerprint density at radius 2 is 2.12 bits per heavy atom. The number of ether oxygens (including phenoxy) is 1. The number of rotatable bonds is 4. The number of hydrogen-bond acceptors (Lipinski definition) is 4.